The third-order valence-electron chi connectivity index (χ3n) is 5.07. The van der Waals surface area contributed by atoms with Crippen molar-refractivity contribution < 1.29 is 9.18 Å². The quantitative estimate of drug-likeness (QED) is 0.464. The van der Waals surface area contributed by atoms with Crippen LogP contribution in [0.2, 0.25) is 5.02 Å². The molecule has 0 bridgehead atoms. The van der Waals surface area contributed by atoms with E-state index >= 15 is 0 Å². The van der Waals surface area contributed by atoms with Gasteiger partial charge in [-0.1, -0.05) is 48.0 Å². The topological polar surface area (TPSA) is 51.0 Å². The highest BCUT2D eigenvalue weighted by Gasteiger charge is 2.23. The molecule has 4 aromatic rings. The number of rotatable bonds is 4. The molecule has 0 atom stereocenters. The standard InChI is InChI=1S/C23H20ClFN4O/c1-14-21-16(23(30)28(2)13-17-18(24)10-7-11-19(17)25)12-20(15-8-5-4-6-9-15)26-22(21)29(3)27-14/h4-12H,13H2,1-3H3. The Labute approximate surface area is 178 Å². The van der Waals surface area contributed by atoms with Crippen LogP contribution in [0.5, 0.6) is 0 Å². The van der Waals surface area contributed by atoms with Gasteiger partial charge in [0.25, 0.3) is 5.91 Å². The molecule has 0 unspecified atom stereocenters. The molecule has 0 spiro atoms. The maximum Gasteiger partial charge on any atom is 0.254 e. The Morgan fingerprint density at radius 2 is 1.90 bits per heavy atom. The fraction of sp³-hybridized carbons (Fsp3) is 0.174. The highest BCUT2D eigenvalue weighted by atomic mass is 35.5. The Morgan fingerprint density at radius 3 is 2.60 bits per heavy atom. The van der Waals surface area contributed by atoms with E-state index in [4.69, 9.17) is 16.6 Å². The molecule has 0 fully saturated rings. The van der Waals surface area contributed by atoms with Crippen molar-refractivity contribution in [1.82, 2.24) is 19.7 Å². The number of aromatic nitrogens is 3. The van der Waals surface area contributed by atoms with Gasteiger partial charge in [0.1, 0.15) is 5.82 Å². The van der Waals surface area contributed by atoms with Crippen LogP contribution in [0.15, 0.2) is 54.6 Å². The Hall–Kier alpha value is -3.25. The van der Waals surface area contributed by atoms with Gasteiger partial charge in [-0.15, -0.1) is 0 Å². The van der Waals surface area contributed by atoms with Gasteiger partial charge >= 0.3 is 0 Å². The van der Waals surface area contributed by atoms with Gasteiger partial charge < -0.3 is 4.90 Å². The Bertz CT molecular complexity index is 1230. The number of hydrogen-bond donors (Lipinski definition) is 0. The van der Waals surface area contributed by atoms with Crippen LogP contribution >= 0.6 is 11.6 Å². The minimum Gasteiger partial charge on any atom is -0.337 e. The van der Waals surface area contributed by atoms with E-state index in [1.165, 1.54) is 11.0 Å². The summed E-state index contributed by atoms with van der Waals surface area (Å²) in [5.41, 5.74) is 3.65. The third kappa shape index (κ3) is 3.55. The lowest BCUT2D eigenvalue weighted by Gasteiger charge is -2.19. The Balaban J connectivity index is 1.81. The van der Waals surface area contributed by atoms with Crippen molar-refractivity contribution in [1.29, 1.82) is 0 Å². The summed E-state index contributed by atoms with van der Waals surface area (Å²) in [6.07, 6.45) is 0. The molecule has 0 saturated carbocycles. The van der Waals surface area contributed by atoms with Gasteiger partial charge in [-0.3, -0.25) is 9.48 Å². The Morgan fingerprint density at radius 1 is 1.17 bits per heavy atom. The van der Waals surface area contributed by atoms with Crippen LogP contribution in [0.4, 0.5) is 4.39 Å². The molecule has 0 N–H and O–H groups in total. The third-order valence-corrected chi connectivity index (χ3v) is 5.43. The molecule has 0 radical (unpaired) electrons. The monoisotopic (exact) mass is 422 g/mol. The van der Waals surface area contributed by atoms with Gasteiger partial charge in [0, 0.05) is 36.8 Å². The van der Waals surface area contributed by atoms with Crippen molar-refractivity contribution in [2.45, 2.75) is 13.5 Å². The van der Waals surface area contributed by atoms with E-state index < -0.39 is 5.82 Å². The zero-order valence-corrected chi connectivity index (χ0v) is 17.6. The molecular weight excluding hydrogens is 403 g/mol. The normalized spacial score (nSPS) is 11.1. The lowest BCUT2D eigenvalue weighted by Crippen LogP contribution is -2.27. The second-order valence-corrected chi connectivity index (χ2v) is 7.60. The largest absolute Gasteiger partial charge is 0.337 e. The summed E-state index contributed by atoms with van der Waals surface area (Å²) < 4.78 is 15.9. The number of hydrogen-bond acceptors (Lipinski definition) is 3. The van der Waals surface area contributed by atoms with Crippen LogP contribution in [0, 0.1) is 12.7 Å². The molecule has 2 heterocycles. The number of amides is 1. The van der Waals surface area contributed by atoms with E-state index in [0.717, 1.165) is 5.56 Å². The van der Waals surface area contributed by atoms with E-state index in [1.54, 1.807) is 37.0 Å². The van der Waals surface area contributed by atoms with Crippen molar-refractivity contribution in [3.8, 4) is 11.3 Å². The first-order chi connectivity index (χ1) is 14.4. The first kappa shape index (κ1) is 20.0. The smallest absolute Gasteiger partial charge is 0.254 e. The molecule has 152 valence electrons. The van der Waals surface area contributed by atoms with Crippen LogP contribution in [-0.2, 0) is 13.6 Å². The fourth-order valence-corrected chi connectivity index (χ4v) is 3.79. The van der Waals surface area contributed by atoms with Crippen LogP contribution in [0.1, 0.15) is 21.6 Å². The predicted octanol–water partition coefficient (Wildman–Crippen LogP) is 5.01. The molecule has 2 aromatic carbocycles. The van der Waals surface area contributed by atoms with Crippen molar-refractivity contribution in [3.05, 3.63) is 82.3 Å². The summed E-state index contributed by atoms with van der Waals surface area (Å²) in [7, 11) is 3.43. The van der Waals surface area contributed by atoms with Crippen LogP contribution in [0.3, 0.4) is 0 Å². The number of fused-ring (bicyclic) bond motifs is 1. The number of pyridine rings is 1. The number of carbonyl (C=O) groups excluding carboxylic acids is 1. The molecule has 7 heteroatoms. The predicted molar refractivity (Wildman–Crippen MR) is 116 cm³/mol. The molecule has 1 amide bonds. The molecule has 0 aliphatic rings. The fourth-order valence-electron chi connectivity index (χ4n) is 3.57. The van der Waals surface area contributed by atoms with Gasteiger partial charge in [-0.05, 0) is 25.1 Å². The maximum absolute atomic E-state index is 14.2. The zero-order chi connectivity index (χ0) is 21.4. The first-order valence-electron chi connectivity index (χ1n) is 9.45. The molecule has 0 aliphatic heterocycles. The van der Waals surface area contributed by atoms with E-state index in [1.807, 2.05) is 37.3 Å². The van der Waals surface area contributed by atoms with E-state index in [0.29, 0.717) is 28.0 Å². The molecule has 30 heavy (non-hydrogen) atoms. The Kier molecular flexibility index (Phi) is 5.26. The lowest BCUT2D eigenvalue weighted by molar-refractivity contribution is 0.0786. The van der Waals surface area contributed by atoms with Gasteiger partial charge in [0.15, 0.2) is 5.65 Å². The average Bonchev–Trinajstić information content (AvgIpc) is 3.04. The molecule has 4 rings (SSSR count). The SMILES string of the molecule is Cc1nn(C)c2nc(-c3ccccc3)cc(C(=O)N(C)Cc3c(F)cccc3Cl)c12. The number of aryl methyl sites for hydroxylation is 2. The summed E-state index contributed by atoms with van der Waals surface area (Å²) in [6.45, 7) is 1.89. The maximum atomic E-state index is 14.2. The van der Waals surface area contributed by atoms with Crippen LogP contribution in [0.25, 0.3) is 22.3 Å². The molecule has 0 aliphatic carbocycles. The van der Waals surface area contributed by atoms with E-state index in [9.17, 15) is 9.18 Å². The van der Waals surface area contributed by atoms with Gasteiger partial charge in [0.2, 0.25) is 0 Å². The minimum absolute atomic E-state index is 0.0497. The highest BCUT2D eigenvalue weighted by Crippen LogP contribution is 2.28. The zero-order valence-electron chi connectivity index (χ0n) is 16.9. The summed E-state index contributed by atoms with van der Waals surface area (Å²) in [5, 5.41) is 5.42. The van der Waals surface area contributed by atoms with Crippen molar-refractivity contribution >= 4 is 28.5 Å². The first-order valence-corrected chi connectivity index (χ1v) is 9.82. The molecule has 2 aromatic heterocycles. The second kappa shape index (κ2) is 7.88. The molecular formula is C23H20ClFN4O. The molecule has 0 saturated heterocycles. The molecule has 5 nitrogen and oxygen atoms in total. The van der Waals surface area contributed by atoms with Crippen LogP contribution in [-0.4, -0.2) is 32.6 Å². The second-order valence-electron chi connectivity index (χ2n) is 7.19. The lowest BCUT2D eigenvalue weighted by atomic mass is 10.0. The van der Waals surface area contributed by atoms with Gasteiger partial charge in [-0.25, -0.2) is 9.37 Å². The van der Waals surface area contributed by atoms with Gasteiger partial charge in [0.05, 0.1) is 22.3 Å². The highest BCUT2D eigenvalue weighted by molar-refractivity contribution is 6.31. The minimum atomic E-state index is -0.440. The summed E-state index contributed by atoms with van der Waals surface area (Å²) in [4.78, 5) is 19.6. The van der Waals surface area contributed by atoms with Crippen molar-refractivity contribution in [2.75, 3.05) is 7.05 Å². The summed E-state index contributed by atoms with van der Waals surface area (Å²) in [5.74, 6) is -0.695. The van der Waals surface area contributed by atoms with Gasteiger partial charge in [-0.2, -0.15) is 5.10 Å². The van der Waals surface area contributed by atoms with E-state index in [2.05, 4.69) is 5.10 Å². The average molecular weight is 423 g/mol. The van der Waals surface area contributed by atoms with E-state index in [-0.39, 0.29) is 23.0 Å². The number of benzene rings is 2. The number of nitrogens with zero attached hydrogens (tertiary/aromatic N) is 4. The summed E-state index contributed by atoms with van der Waals surface area (Å²) in [6, 6.07) is 15.9. The van der Waals surface area contributed by atoms with Crippen LogP contribution < -0.4 is 0 Å². The summed E-state index contributed by atoms with van der Waals surface area (Å²) >= 11 is 6.15. The van der Waals surface area contributed by atoms with Crippen molar-refractivity contribution in [2.24, 2.45) is 7.05 Å². The van der Waals surface area contributed by atoms with Crippen molar-refractivity contribution in [3.63, 3.8) is 0 Å². The number of halogens is 2. The number of carbonyl (C=O) groups is 1.